The fourth-order valence-corrected chi connectivity index (χ4v) is 5.44. The van der Waals surface area contributed by atoms with Crippen LogP contribution in [0.25, 0.3) is 33.3 Å². The molecule has 0 unspecified atom stereocenters. The molecule has 0 fully saturated rings. The number of nitrogens with one attached hydrogen (secondary N) is 1. The van der Waals surface area contributed by atoms with Crippen molar-refractivity contribution in [1.29, 1.82) is 0 Å². The van der Waals surface area contributed by atoms with Crippen LogP contribution < -0.4 is 4.72 Å². The molecule has 170 valence electrons. The zero-order chi connectivity index (χ0) is 23.9. The Morgan fingerprint density at radius 1 is 0.882 bits per heavy atom. The summed E-state index contributed by atoms with van der Waals surface area (Å²) in [6, 6.07) is 25.9. The second-order valence-electron chi connectivity index (χ2n) is 8.12. The first-order chi connectivity index (χ1) is 16.3. The molecule has 2 heterocycles. The molecule has 0 atom stereocenters. The Morgan fingerprint density at radius 3 is 2.35 bits per heavy atom. The minimum Gasteiger partial charge on any atom is -0.329 e. The average Bonchev–Trinajstić information content (AvgIpc) is 3.11. The lowest BCUT2D eigenvalue weighted by atomic mass is 9.96. The van der Waals surface area contributed by atoms with E-state index in [1.165, 1.54) is 0 Å². The Balaban J connectivity index is 1.77. The molecule has 0 aliphatic carbocycles. The molecule has 7 heteroatoms. The molecule has 0 aliphatic heterocycles. The van der Waals surface area contributed by atoms with E-state index in [0.717, 1.165) is 38.9 Å². The van der Waals surface area contributed by atoms with Crippen molar-refractivity contribution in [3.63, 3.8) is 0 Å². The second-order valence-corrected chi connectivity index (χ2v) is 10.2. The Kier molecular flexibility index (Phi) is 5.63. The molecule has 5 aromatic rings. The van der Waals surface area contributed by atoms with Crippen LogP contribution in [-0.2, 0) is 17.1 Å². The molecule has 2 aromatic heterocycles. The highest BCUT2D eigenvalue weighted by Crippen LogP contribution is 2.43. The summed E-state index contributed by atoms with van der Waals surface area (Å²) in [5, 5.41) is 1.50. The summed E-state index contributed by atoms with van der Waals surface area (Å²) in [5.74, 6) is 0.473. The van der Waals surface area contributed by atoms with Crippen molar-refractivity contribution >= 4 is 38.3 Å². The van der Waals surface area contributed by atoms with Crippen LogP contribution in [0.1, 0.15) is 5.56 Å². The van der Waals surface area contributed by atoms with Gasteiger partial charge < -0.3 is 4.57 Å². The molecule has 34 heavy (non-hydrogen) atoms. The van der Waals surface area contributed by atoms with Gasteiger partial charge in [0.2, 0.25) is 0 Å². The Hall–Kier alpha value is -3.61. The van der Waals surface area contributed by atoms with E-state index in [2.05, 4.69) is 9.71 Å². The average molecular weight is 488 g/mol. The standard InChI is InChI=1S/C27H22ClN3O2S/c1-18-10-13-20(14-11-18)34(32,33)30-27-26(22-7-3-4-9-25(22)31(27)2)21-15-12-19(28)17-23(21)24-8-5-6-16-29-24/h3-17,30H,1-2H3. The predicted molar refractivity (Wildman–Crippen MR) is 139 cm³/mol. The van der Waals surface area contributed by atoms with E-state index in [4.69, 9.17) is 11.6 Å². The van der Waals surface area contributed by atoms with Crippen LogP contribution in [0.3, 0.4) is 0 Å². The summed E-state index contributed by atoms with van der Waals surface area (Å²) in [5.41, 5.74) is 5.07. The van der Waals surface area contributed by atoms with Gasteiger partial charge in [0.15, 0.2) is 0 Å². The number of sulfonamides is 1. The minimum absolute atomic E-state index is 0.204. The van der Waals surface area contributed by atoms with Gasteiger partial charge in [0, 0.05) is 34.8 Å². The molecule has 0 aliphatic rings. The third-order valence-electron chi connectivity index (χ3n) is 5.86. The summed E-state index contributed by atoms with van der Waals surface area (Å²) in [7, 11) is -1.97. The molecule has 0 amide bonds. The van der Waals surface area contributed by atoms with Crippen LogP contribution in [-0.4, -0.2) is 18.0 Å². The van der Waals surface area contributed by atoms with E-state index in [1.807, 2.05) is 79.2 Å². The number of benzene rings is 3. The zero-order valence-corrected chi connectivity index (χ0v) is 20.2. The largest absolute Gasteiger partial charge is 0.329 e. The van der Waals surface area contributed by atoms with Crippen molar-refractivity contribution in [3.05, 3.63) is 102 Å². The molecule has 0 saturated heterocycles. The third kappa shape index (κ3) is 3.95. The number of halogens is 1. The number of aromatic nitrogens is 2. The summed E-state index contributed by atoms with van der Waals surface area (Å²) in [6.07, 6.45) is 1.73. The maximum atomic E-state index is 13.4. The van der Waals surface area contributed by atoms with Crippen LogP contribution >= 0.6 is 11.6 Å². The lowest BCUT2D eigenvalue weighted by Gasteiger charge is -2.15. The molecule has 0 saturated carbocycles. The van der Waals surface area contributed by atoms with Gasteiger partial charge in [-0.3, -0.25) is 9.71 Å². The summed E-state index contributed by atoms with van der Waals surface area (Å²) in [6.45, 7) is 1.92. The van der Waals surface area contributed by atoms with Gasteiger partial charge in [0.1, 0.15) is 5.82 Å². The normalized spacial score (nSPS) is 11.6. The number of hydrogen-bond acceptors (Lipinski definition) is 3. The van der Waals surface area contributed by atoms with Gasteiger partial charge in [-0.25, -0.2) is 8.42 Å². The monoisotopic (exact) mass is 487 g/mol. The lowest BCUT2D eigenvalue weighted by molar-refractivity contribution is 0.600. The van der Waals surface area contributed by atoms with Crippen LogP contribution in [0.2, 0.25) is 5.02 Å². The first-order valence-electron chi connectivity index (χ1n) is 10.7. The summed E-state index contributed by atoms with van der Waals surface area (Å²) in [4.78, 5) is 4.72. The molecule has 0 radical (unpaired) electrons. The number of nitrogens with zero attached hydrogens (tertiary/aromatic N) is 2. The molecule has 0 spiro atoms. The molecular formula is C27H22ClN3O2S. The van der Waals surface area contributed by atoms with E-state index in [-0.39, 0.29) is 4.90 Å². The highest BCUT2D eigenvalue weighted by Gasteiger charge is 2.24. The highest BCUT2D eigenvalue weighted by atomic mass is 35.5. The SMILES string of the molecule is Cc1ccc(S(=O)(=O)Nc2c(-c3ccc(Cl)cc3-c3ccccn3)c3ccccc3n2C)cc1. The van der Waals surface area contributed by atoms with Crippen LogP contribution in [0, 0.1) is 6.92 Å². The number of aryl methyl sites for hydroxylation is 2. The summed E-state index contributed by atoms with van der Waals surface area (Å²) < 4.78 is 31.5. The quantitative estimate of drug-likeness (QED) is 0.301. The molecular weight excluding hydrogens is 466 g/mol. The number of anilines is 1. The van der Waals surface area contributed by atoms with Crippen molar-refractivity contribution in [1.82, 2.24) is 9.55 Å². The number of para-hydroxylation sites is 1. The van der Waals surface area contributed by atoms with Gasteiger partial charge >= 0.3 is 0 Å². The van der Waals surface area contributed by atoms with Gasteiger partial charge in [0.05, 0.1) is 16.1 Å². The van der Waals surface area contributed by atoms with Crippen molar-refractivity contribution < 1.29 is 8.42 Å². The fraction of sp³-hybridized carbons (Fsp3) is 0.0741. The van der Waals surface area contributed by atoms with Gasteiger partial charge in [-0.1, -0.05) is 59.6 Å². The van der Waals surface area contributed by atoms with E-state index in [9.17, 15) is 8.42 Å². The van der Waals surface area contributed by atoms with Crippen molar-refractivity contribution in [2.24, 2.45) is 7.05 Å². The molecule has 3 aromatic carbocycles. The first-order valence-corrected chi connectivity index (χ1v) is 12.6. The second kappa shape index (κ2) is 8.63. The zero-order valence-electron chi connectivity index (χ0n) is 18.7. The van der Waals surface area contributed by atoms with Gasteiger partial charge in [-0.15, -0.1) is 0 Å². The fourth-order valence-electron chi connectivity index (χ4n) is 4.16. The van der Waals surface area contributed by atoms with E-state index >= 15 is 0 Å². The Bertz CT molecular complexity index is 1610. The third-order valence-corrected chi connectivity index (χ3v) is 7.45. The minimum atomic E-state index is -3.83. The molecule has 5 rings (SSSR count). The topological polar surface area (TPSA) is 64.0 Å². The summed E-state index contributed by atoms with van der Waals surface area (Å²) >= 11 is 6.37. The number of hydrogen-bond donors (Lipinski definition) is 1. The molecule has 0 bridgehead atoms. The van der Waals surface area contributed by atoms with Crippen LogP contribution in [0.4, 0.5) is 5.82 Å². The highest BCUT2D eigenvalue weighted by molar-refractivity contribution is 7.92. The van der Waals surface area contributed by atoms with Gasteiger partial charge in [-0.05, 0) is 55.0 Å². The molecule has 1 N–H and O–H groups in total. The smallest absolute Gasteiger partial charge is 0.263 e. The number of rotatable bonds is 5. The maximum absolute atomic E-state index is 13.4. The molecule has 5 nitrogen and oxygen atoms in total. The van der Waals surface area contributed by atoms with Gasteiger partial charge in [-0.2, -0.15) is 0 Å². The van der Waals surface area contributed by atoms with E-state index in [0.29, 0.717) is 10.8 Å². The van der Waals surface area contributed by atoms with Crippen LogP contribution in [0.15, 0.2) is 96.0 Å². The van der Waals surface area contributed by atoms with Crippen molar-refractivity contribution in [2.75, 3.05) is 4.72 Å². The maximum Gasteiger partial charge on any atom is 0.263 e. The van der Waals surface area contributed by atoms with Crippen LogP contribution in [0.5, 0.6) is 0 Å². The van der Waals surface area contributed by atoms with Crippen molar-refractivity contribution in [3.8, 4) is 22.4 Å². The van der Waals surface area contributed by atoms with E-state index in [1.54, 1.807) is 30.5 Å². The predicted octanol–water partition coefficient (Wildman–Crippen LogP) is 6.67. The van der Waals surface area contributed by atoms with E-state index < -0.39 is 10.0 Å². The Morgan fingerprint density at radius 2 is 1.62 bits per heavy atom. The Labute approximate surface area is 203 Å². The number of pyridine rings is 1. The lowest BCUT2D eigenvalue weighted by Crippen LogP contribution is -2.15. The van der Waals surface area contributed by atoms with Gasteiger partial charge in [0.25, 0.3) is 10.0 Å². The first kappa shape index (κ1) is 22.2. The number of fused-ring (bicyclic) bond motifs is 1. The van der Waals surface area contributed by atoms with Crippen molar-refractivity contribution in [2.45, 2.75) is 11.8 Å².